The maximum Gasteiger partial charge on any atom is 0.293 e. The Bertz CT molecular complexity index is 471. The largest absolute Gasteiger partial charge is 0.461 e. The summed E-state index contributed by atoms with van der Waals surface area (Å²) in [5, 5.41) is 0. The third kappa shape index (κ3) is 8.33. The van der Waals surface area contributed by atoms with E-state index in [9.17, 15) is 9.59 Å². The number of unbranched alkanes of at least 4 members (excludes halogenated alkanes) is 4. The molecule has 137 valence electrons. The molecule has 0 aliphatic carbocycles. The molecule has 0 amide bonds. The van der Waals surface area contributed by atoms with Crippen molar-refractivity contribution in [2.24, 2.45) is 0 Å². The zero-order valence-electron chi connectivity index (χ0n) is 15.6. The molecule has 25 heavy (non-hydrogen) atoms. The number of Topliss-reactive ketones (excluding diaryl/α,β-unsaturated/α-hetero) is 1. The molecule has 0 aliphatic rings. The Kier molecular flexibility index (Phi) is 10.9. The fourth-order valence-electron chi connectivity index (χ4n) is 2.90. The van der Waals surface area contributed by atoms with Gasteiger partial charge in [0.25, 0.3) is 6.47 Å². The molecular formula is C22H31O3. The quantitative estimate of drug-likeness (QED) is 0.238. The normalized spacial score (nSPS) is 11.3. The van der Waals surface area contributed by atoms with E-state index in [1.807, 2.05) is 24.6 Å². The van der Waals surface area contributed by atoms with Crippen LogP contribution in [-0.2, 0) is 9.53 Å². The molecule has 0 saturated heterocycles. The number of rotatable bonds is 15. The van der Waals surface area contributed by atoms with Crippen LogP contribution in [0.2, 0.25) is 0 Å². The van der Waals surface area contributed by atoms with Crippen molar-refractivity contribution in [1.82, 2.24) is 0 Å². The number of ketones is 1. The van der Waals surface area contributed by atoms with E-state index in [0.717, 1.165) is 51.4 Å². The first-order valence-corrected chi connectivity index (χ1v) is 9.41. The van der Waals surface area contributed by atoms with Crippen LogP contribution in [0.5, 0.6) is 0 Å². The predicted octanol–water partition coefficient (Wildman–Crippen LogP) is 5.55. The SMILES string of the molecule is CCCCCC([CH][CH][CH]C(=O)c1ccccc1)(CCCCC)OC=O. The number of benzene rings is 1. The molecule has 3 nitrogen and oxygen atoms in total. The molecule has 1 rings (SSSR count). The molecule has 0 heterocycles. The maximum atomic E-state index is 12.2. The molecule has 0 bridgehead atoms. The van der Waals surface area contributed by atoms with Gasteiger partial charge in [0.1, 0.15) is 5.60 Å². The number of hydrogen-bond acceptors (Lipinski definition) is 3. The molecule has 0 aliphatic heterocycles. The summed E-state index contributed by atoms with van der Waals surface area (Å²) in [5.41, 5.74) is 0.0607. The van der Waals surface area contributed by atoms with Crippen LogP contribution in [-0.4, -0.2) is 17.9 Å². The fraction of sp³-hybridized carbons (Fsp3) is 0.500. The molecule has 0 spiro atoms. The predicted molar refractivity (Wildman–Crippen MR) is 102 cm³/mol. The molecule has 1 aromatic carbocycles. The smallest absolute Gasteiger partial charge is 0.293 e. The van der Waals surface area contributed by atoms with E-state index in [2.05, 4.69) is 13.8 Å². The van der Waals surface area contributed by atoms with Gasteiger partial charge in [-0.3, -0.25) is 9.59 Å². The lowest BCUT2D eigenvalue weighted by molar-refractivity contribution is -0.141. The van der Waals surface area contributed by atoms with Gasteiger partial charge in [-0.25, -0.2) is 0 Å². The summed E-state index contributed by atoms with van der Waals surface area (Å²) in [6, 6.07) is 9.17. The second kappa shape index (κ2) is 12.7. The third-order valence-corrected chi connectivity index (χ3v) is 4.40. The second-order valence-corrected chi connectivity index (χ2v) is 6.45. The van der Waals surface area contributed by atoms with E-state index >= 15 is 0 Å². The number of ether oxygens (including phenoxy) is 1. The standard InChI is InChI=1S/C22H31O3/c1-3-5-10-16-22(25-19-23,17-11-6-4-2)18-12-15-21(24)20-13-8-7-9-14-20/h7-9,12-15,18-19H,3-6,10-11,16-17H2,1-2H3. The van der Waals surface area contributed by atoms with Crippen molar-refractivity contribution < 1.29 is 14.3 Å². The summed E-state index contributed by atoms with van der Waals surface area (Å²) in [6.07, 6.45) is 13.3. The van der Waals surface area contributed by atoms with Crippen LogP contribution in [0.15, 0.2) is 30.3 Å². The minimum atomic E-state index is -0.598. The van der Waals surface area contributed by atoms with Gasteiger partial charge in [0.15, 0.2) is 5.78 Å². The Labute approximate surface area is 153 Å². The summed E-state index contributed by atoms with van der Waals surface area (Å²) in [7, 11) is 0. The highest BCUT2D eigenvalue weighted by Gasteiger charge is 2.31. The lowest BCUT2D eigenvalue weighted by Gasteiger charge is -2.32. The van der Waals surface area contributed by atoms with Crippen LogP contribution < -0.4 is 0 Å². The van der Waals surface area contributed by atoms with Gasteiger partial charge in [0.2, 0.25) is 0 Å². The molecule has 0 unspecified atom stereocenters. The summed E-state index contributed by atoms with van der Waals surface area (Å²) in [5.74, 6) is -0.0426. The first-order valence-electron chi connectivity index (χ1n) is 9.41. The highest BCUT2D eigenvalue weighted by Crippen LogP contribution is 2.30. The minimum absolute atomic E-state index is 0.0426. The molecule has 1 aromatic rings. The first kappa shape index (κ1) is 21.4. The summed E-state index contributed by atoms with van der Waals surface area (Å²) >= 11 is 0. The van der Waals surface area contributed by atoms with Crippen LogP contribution in [0.3, 0.4) is 0 Å². The van der Waals surface area contributed by atoms with Gasteiger partial charge in [0, 0.05) is 18.4 Å². The topological polar surface area (TPSA) is 43.4 Å². The molecule has 3 radical (unpaired) electrons. The van der Waals surface area contributed by atoms with Crippen LogP contribution in [0, 0.1) is 19.3 Å². The van der Waals surface area contributed by atoms with Gasteiger partial charge in [0.05, 0.1) is 0 Å². The second-order valence-electron chi connectivity index (χ2n) is 6.45. The van der Waals surface area contributed by atoms with E-state index in [-0.39, 0.29) is 5.78 Å². The van der Waals surface area contributed by atoms with Crippen molar-refractivity contribution in [2.45, 2.75) is 70.8 Å². The number of hydrogen-bond donors (Lipinski definition) is 0. The molecule has 0 atom stereocenters. The van der Waals surface area contributed by atoms with E-state index in [4.69, 9.17) is 4.74 Å². The fourth-order valence-corrected chi connectivity index (χ4v) is 2.90. The van der Waals surface area contributed by atoms with Crippen LogP contribution in [0.1, 0.15) is 75.6 Å². The minimum Gasteiger partial charge on any atom is -0.461 e. The Hall–Kier alpha value is -1.64. The van der Waals surface area contributed by atoms with Gasteiger partial charge in [-0.2, -0.15) is 0 Å². The molecule has 0 N–H and O–H groups in total. The van der Waals surface area contributed by atoms with Crippen LogP contribution >= 0.6 is 0 Å². The number of carbonyl (C=O) groups excluding carboxylic acids is 2. The zero-order chi connectivity index (χ0) is 18.4. The van der Waals surface area contributed by atoms with Gasteiger partial charge < -0.3 is 4.74 Å². The maximum absolute atomic E-state index is 12.2. The lowest BCUT2D eigenvalue weighted by Crippen LogP contribution is -2.33. The molecule has 0 fully saturated rings. The van der Waals surface area contributed by atoms with Gasteiger partial charge in [-0.1, -0.05) is 69.9 Å². The van der Waals surface area contributed by atoms with Crippen molar-refractivity contribution >= 4 is 12.3 Å². The summed E-state index contributed by atoms with van der Waals surface area (Å²) in [6.45, 7) is 4.85. The average Bonchev–Trinajstić information content (AvgIpc) is 2.63. The van der Waals surface area contributed by atoms with E-state index in [1.165, 1.54) is 0 Å². The van der Waals surface area contributed by atoms with Crippen LogP contribution in [0.4, 0.5) is 0 Å². The van der Waals surface area contributed by atoms with Crippen molar-refractivity contribution in [1.29, 1.82) is 0 Å². The lowest BCUT2D eigenvalue weighted by atomic mass is 9.84. The van der Waals surface area contributed by atoms with Crippen LogP contribution in [0.25, 0.3) is 0 Å². The summed E-state index contributed by atoms with van der Waals surface area (Å²) < 4.78 is 5.51. The highest BCUT2D eigenvalue weighted by molar-refractivity contribution is 6.03. The van der Waals surface area contributed by atoms with Gasteiger partial charge in [-0.05, 0) is 32.1 Å². The average molecular weight is 343 g/mol. The molecular weight excluding hydrogens is 312 g/mol. The third-order valence-electron chi connectivity index (χ3n) is 4.40. The highest BCUT2D eigenvalue weighted by atomic mass is 16.5. The van der Waals surface area contributed by atoms with Gasteiger partial charge >= 0.3 is 0 Å². The Morgan fingerprint density at radius 3 is 2.12 bits per heavy atom. The Balaban J connectivity index is 2.62. The van der Waals surface area contributed by atoms with Crippen molar-refractivity contribution in [3.05, 3.63) is 55.2 Å². The Morgan fingerprint density at radius 1 is 1.00 bits per heavy atom. The van der Waals surface area contributed by atoms with Crippen molar-refractivity contribution in [3.63, 3.8) is 0 Å². The Morgan fingerprint density at radius 2 is 1.60 bits per heavy atom. The molecule has 0 aromatic heterocycles. The summed E-state index contributed by atoms with van der Waals surface area (Å²) in [4.78, 5) is 23.3. The monoisotopic (exact) mass is 343 g/mol. The van der Waals surface area contributed by atoms with E-state index in [0.29, 0.717) is 12.0 Å². The van der Waals surface area contributed by atoms with Crippen molar-refractivity contribution in [2.75, 3.05) is 0 Å². The van der Waals surface area contributed by atoms with E-state index < -0.39 is 5.60 Å². The first-order chi connectivity index (χ1) is 12.2. The molecule has 0 saturated carbocycles. The van der Waals surface area contributed by atoms with Crippen molar-refractivity contribution in [3.8, 4) is 0 Å². The van der Waals surface area contributed by atoms with E-state index in [1.54, 1.807) is 25.0 Å². The zero-order valence-corrected chi connectivity index (χ0v) is 15.6. The number of carbonyl (C=O) groups is 2. The van der Waals surface area contributed by atoms with Gasteiger partial charge in [-0.15, -0.1) is 0 Å². The molecule has 3 heteroatoms.